The van der Waals surface area contributed by atoms with Gasteiger partial charge in [-0.1, -0.05) is 32.8 Å². The number of nitrogens with zero attached hydrogens (tertiary/aromatic N) is 3. The Bertz CT molecular complexity index is 372. The van der Waals surface area contributed by atoms with Crippen molar-refractivity contribution in [2.24, 2.45) is 16.8 Å². The molecule has 1 aliphatic carbocycles. The predicted octanol–water partition coefficient (Wildman–Crippen LogP) is 3.42. The molecule has 0 unspecified atom stereocenters. The minimum atomic E-state index is 0.647. The molecule has 0 aromatic carbocycles. The Morgan fingerprint density at radius 2 is 1.86 bits per heavy atom. The minimum absolute atomic E-state index is 0.647. The lowest BCUT2D eigenvalue weighted by molar-refractivity contribution is 0.183. The molecular formula is C18H33N3. The van der Waals surface area contributed by atoms with Gasteiger partial charge < -0.3 is 4.90 Å². The van der Waals surface area contributed by atoms with E-state index in [1.807, 2.05) is 7.05 Å². The number of rotatable bonds is 5. The second kappa shape index (κ2) is 7.98. The molecule has 0 bridgehead atoms. The quantitative estimate of drug-likeness (QED) is 0.571. The van der Waals surface area contributed by atoms with Gasteiger partial charge in [-0.05, 0) is 43.7 Å². The van der Waals surface area contributed by atoms with Gasteiger partial charge in [0.05, 0.1) is 0 Å². The lowest BCUT2D eigenvalue weighted by Crippen LogP contribution is -2.48. The summed E-state index contributed by atoms with van der Waals surface area (Å²) in [6, 6.07) is 0. The van der Waals surface area contributed by atoms with Crippen LogP contribution in [0.5, 0.6) is 0 Å². The van der Waals surface area contributed by atoms with Crippen molar-refractivity contribution in [3.8, 4) is 0 Å². The van der Waals surface area contributed by atoms with Gasteiger partial charge in [0.15, 0.2) is 0 Å². The molecule has 1 heterocycles. The van der Waals surface area contributed by atoms with E-state index in [0.29, 0.717) is 5.92 Å². The molecule has 3 heteroatoms. The first-order valence-electron chi connectivity index (χ1n) is 8.81. The molecule has 2 fully saturated rings. The standard InChI is InChI=1S/C18H33N3/c1-5-9-20-10-12-21(13-11-20)18(19-4)14-17(15(2)3)16-7-6-8-16/h14-16H,5-13H2,1-4H3/b17-14+,19-18?. The SMILES string of the molecule is CCCN1CCN(C(/C=C(\C(C)C)C2CCC2)=NC)CC1. The Morgan fingerprint density at radius 3 is 2.29 bits per heavy atom. The summed E-state index contributed by atoms with van der Waals surface area (Å²) in [5.41, 5.74) is 1.62. The molecule has 1 saturated heterocycles. The fraction of sp³-hybridized carbons (Fsp3) is 0.833. The van der Waals surface area contributed by atoms with Crippen molar-refractivity contribution < 1.29 is 0 Å². The smallest absolute Gasteiger partial charge is 0.123 e. The summed E-state index contributed by atoms with van der Waals surface area (Å²) in [4.78, 5) is 9.64. The Kier molecular flexibility index (Phi) is 6.28. The van der Waals surface area contributed by atoms with Gasteiger partial charge in [-0.25, -0.2) is 0 Å². The fourth-order valence-corrected chi connectivity index (χ4v) is 3.46. The van der Waals surface area contributed by atoms with Crippen LogP contribution >= 0.6 is 0 Å². The van der Waals surface area contributed by atoms with E-state index < -0.39 is 0 Å². The Labute approximate surface area is 131 Å². The lowest BCUT2D eigenvalue weighted by atomic mass is 9.75. The van der Waals surface area contributed by atoms with Crippen molar-refractivity contribution in [1.82, 2.24) is 9.80 Å². The zero-order chi connectivity index (χ0) is 15.2. The molecule has 3 nitrogen and oxygen atoms in total. The van der Waals surface area contributed by atoms with Crippen LogP contribution < -0.4 is 0 Å². The highest BCUT2D eigenvalue weighted by Gasteiger charge is 2.25. The minimum Gasteiger partial charge on any atom is -0.354 e. The average Bonchev–Trinajstić information content (AvgIpc) is 2.42. The zero-order valence-corrected chi connectivity index (χ0v) is 14.4. The van der Waals surface area contributed by atoms with Crippen molar-refractivity contribution >= 4 is 5.84 Å². The van der Waals surface area contributed by atoms with E-state index in [1.54, 1.807) is 5.57 Å². The van der Waals surface area contributed by atoms with Gasteiger partial charge in [0, 0.05) is 33.2 Å². The first-order valence-corrected chi connectivity index (χ1v) is 8.81. The molecule has 2 aliphatic rings. The molecule has 0 aromatic rings. The highest BCUT2D eigenvalue weighted by Crippen LogP contribution is 2.36. The van der Waals surface area contributed by atoms with E-state index in [2.05, 4.69) is 41.6 Å². The second-order valence-electron chi connectivity index (χ2n) is 6.84. The van der Waals surface area contributed by atoms with Gasteiger partial charge in [0.2, 0.25) is 0 Å². The van der Waals surface area contributed by atoms with E-state index in [0.717, 1.165) is 19.0 Å². The van der Waals surface area contributed by atoms with Crippen LogP contribution in [0.4, 0.5) is 0 Å². The number of aliphatic imine (C=N–C) groups is 1. The lowest BCUT2D eigenvalue weighted by Gasteiger charge is -2.37. The van der Waals surface area contributed by atoms with E-state index in [-0.39, 0.29) is 0 Å². The number of amidine groups is 1. The third kappa shape index (κ3) is 4.32. The summed E-state index contributed by atoms with van der Waals surface area (Å²) in [5.74, 6) is 2.68. The summed E-state index contributed by atoms with van der Waals surface area (Å²) in [6.07, 6.45) is 7.83. The van der Waals surface area contributed by atoms with E-state index in [1.165, 1.54) is 51.2 Å². The number of allylic oxidation sites excluding steroid dienone is 1. The third-order valence-electron chi connectivity index (χ3n) is 5.00. The van der Waals surface area contributed by atoms with E-state index in [4.69, 9.17) is 0 Å². The first-order chi connectivity index (χ1) is 10.2. The summed E-state index contributed by atoms with van der Waals surface area (Å²) < 4.78 is 0. The Morgan fingerprint density at radius 1 is 1.19 bits per heavy atom. The summed E-state index contributed by atoms with van der Waals surface area (Å²) in [6.45, 7) is 12.8. The molecule has 2 rings (SSSR count). The number of hydrogen-bond donors (Lipinski definition) is 0. The molecule has 0 aromatic heterocycles. The van der Waals surface area contributed by atoms with Crippen LogP contribution in [0.25, 0.3) is 0 Å². The van der Waals surface area contributed by atoms with Crippen molar-refractivity contribution in [2.45, 2.75) is 46.5 Å². The predicted molar refractivity (Wildman–Crippen MR) is 91.9 cm³/mol. The maximum atomic E-state index is 4.59. The molecule has 0 radical (unpaired) electrons. The molecule has 120 valence electrons. The Hall–Kier alpha value is -0.830. The van der Waals surface area contributed by atoms with Crippen LogP contribution in [-0.4, -0.2) is 55.4 Å². The molecular weight excluding hydrogens is 258 g/mol. The molecule has 0 spiro atoms. The molecule has 21 heavy (non-hydrogen) atoms. The van der Waals surface area contributed by atoms with Crippen LogP contribution in [0.3, 0.4) is 0 Å². The van der Waals surface area contributed by atoms with Gasteiger partial charge in [-0.15, -0.1) is 0 Å². The maximum Gasteiger partial charge on any atom is 0.123 e. The number of hydrogen-bond acceptors (Lipinski definition) is 2. The van der Waals surface area contributed by atoms with Crippen LogP contribution in [0.1, 0.15) is 46.5 Å². The van der Waals surface area contributed by atoms with Gasteiger partial charge in [0.25, 0.3) is 0 Å². The summed E-state index contributed by atoms with van der Waals surface area (Å²) in [5, 5.41) is 0. The summed E-state index contributed by atoms with van der Waals surface area (Å²) >= 11 is 0. The second-order valence-corrected chi connectivity index (χ2v) is 6.84. The van der Waals surface area contributed by atoms with Crippen molar-refractivity contribution in [2.75, 3.05) is 39.8 Å². The fourth-order valence-electron chi connectivity index (χ4n) is 3.46. The molecule has 0 atom stereocenters. The van der Waals surface area contributed by atoms with Gasteiger partial charge in [-0.2, -0.15) is 0 Å². The Balaban J connectivity index is 1.99. The number of piperazine rings is 1. The van der Waals surface area contributed by atoms with Crippen LogP contribution in [0.15, 0.2) is 16.6 Å². The highest BCUT2D eigenvalue weighted by atomic mass is 15.3. The van der Waals surface area contributed by atoms with Crippen molar-refractivity contribution in [1.29, 1.82) is 0 Å². The van der Waals surface area contributed by atoms with Gasteiger partial charge in [0.1, 0.15) is 5.84 Å². The third-order valence-corrected chi connectivity index (χ3v) is 5.00. The molecule has 0 N–H and O–H groups in total. The molecule has 1 saturated carbocycles. The van der Waals surface area contributed by atoms with Crippen LogP contribution in [0, 0.1) is 11.8 Å². The van der Waals surface area contributed by atoms with Crippen LogP contribution in [-0.2, 0) is 0 Å². The van der Waals surface area contributed by atoms with E-state index in [9.17, 15) is 0 Å². The zero-order valence-electron chi connectivity index (χ0n) is 14.4. The van der Waals surface area contributed by atoms with Crippen molar-refractivity contribution in [3.63, 3.8) is 0 Å². The maximum absolute atomic E-state index is 4.59. The van der Waals surface area contributed by atoms with Gasteiger partial charge >= 0.3 is 0 Å². The van der Waals surface area contributed by atoms with Crippen LogP contribution in [0.2, 0.25) is 0 Å². The topological polar surface area (TPSA) is 18.8 Å². The average molecular weight is 291 g/mol. The van der Waals surface area contributed by atoms with E-state index >= 15 is 0 Å². The normalized spacial score (nSPS) is 22.8. The highest BCUT2D eigenvalue weighted by molar-refractivity contribution is 5.93. The first kappa shape index (κ1) is 16.5. The largest absolute Gasteiger partial charge is 0.354 e. The molecule has 1 aliphatic heterocycles. The molecule has 0 amide bonds. The van der Waals surface area contributed by atoms with Gasteiger partial charge in [-0.3, -0.25) is 9.89 Å². The summed E-state index contributed by atoms with van der Waals surface area (Å²) in [7, 11) is 1.95. The monoisotopic (exact) mass is 291 g/mol. The van der Waals surface area contributed by atoms with Crippen molar-refractivity contribution in [3.05, 3.63) is 11.6 Å².